The zero-order valence-corrected chi connectivity index (χ0v) is 14.9. The third kappa shape index (κ3) is 3.48. The molecule has 0 spiro atoms. The summed E-state index contributed by atoms with van der Waals surface area (Å²) in [6, 6.07) is 8.13. The van der Waals surface area contributed by atoms with Crippen LogP contribution in [-0.2, 0) is 10.0 Å². The SMILES string of the molecule is Cc1ccc(S(=O)(=O)n2ccc(C(=O)N3CC[C@@H](N)C3)c2)cc1.Cl. The van der Waals surface area contributed by atoms with Gasteiger partial charge in [0.15, 0.2) is 0 Å². The van der Waals surface area contributed by atoms with E-state index in [0.717, 1.165) is 16.0 Å². The lowest BCUT2D eigenvalue weighted by molar-refractivity contribution is 0.0791. The Morgan fingerprint density at radius 3 is 2.46 bits per heavy atom. The van der Waals surface area contributed by atoms with E-state index in [1.807, 2.05) is 6.92 Å². The highest BCUT2D eigenvalue weighted by Gasteiger charge is 2.26. The number of hydrogen-bond donors (Lipinski definition) is 1. The smallest absolute Gasteiger partial charge is 0.267 e. The summed E-state index contributed by atoms with van der Waals surface area (Å²) in [4.78, 5) is 14.2. The van der Waals surface area contributed by atoms with Crippen LogP contribution in [0.3, 0.4) is 0 Å². The second kappa shape index (κ2) is 6.96. The number of aromatic nitrogens is 1. The Hall–Kier alpha value is -1.83. The Balaban J connectivity index is 0.00000208. The van der Waals surface area contributed by atoms with Crippen molar-refractivity contribution in [1.29, 1.82) is 0 Å². The third-order valence-electron chi connectivity index (χ3n) is 4.02. The van der Waals surface area contributed by atoms with Gasteiger partial charge in [0, 0.05) is 31.5 Å². The van der Waals surface area contributed by atoms with Gasteiger partial charge in [-0.15, -0.1) is 12.4 Å². The molecule has 1 aliphatic heterocycles. The summed E-state index contributed by atoms with van der Waals surface area (Å²) in [5.41, 5.74) is 7.15. The monoisotopic (exact) mass is 369 g/mol. The highest BCUT2D eigenvalue weighted by molar-refractivity contribution is 7.90. The number of likely N-dealkylation sites (tertiary alicyclic amines) is 1. The van der Waals surface area contributed by atoms with E-state index in [0.29, 0.717) is 18.7 Å². The Morgan fingerprint density at radius 1 is 1.21 bits per heavy atom. The molecule has 1 aromatic carbocycles. The lowest BCUT2D eigenvalue weighted by Crippen LogP contribution is -2.31. The normalized spacial score (nSPS) is 17.6. The quantitative estimate of drug-likeness (QED) is 0.891. The average molecular weight is 370 g/mol. The fourth-order valence-corrected chi connectivity index (χ4v) is 3.84. The summed E-state index contributed by atoms with van der Waals surface area (Å²) in [5, 5.41) is 0. The molecule has 130 valence electrons. The zero-order chi connectivity index (χ0) is 16.6. The molecule has 0 saturated carbocycles. The van der Waals surface area contributed by atoms with Gasteiger partial charge in [-0.1, -0.05) is 17.7 Å². The van der Waals surface area contributed by atoms with Crippen LogP contribution in [0, 0.1) is 6.92 Å². The summed E-state index contributed by atoms with van der Waals surface area (Å²) in [6.07, 6.45) is 3.54. The van der Waals surface area contributed by atoms with Crippen molar-refractivity contribution in [2.45, 2.75) is 24.3 Å². The fraction of sp³-hybridized carbons (Fsp3) is 0.312. The predicted octanol–water partition coefficient (Wildman–Crippen LogP) is 1.63. The summed E-state index contributed by atoms with van der Waals surface area (Å²) in [7, 11) is -3.68. The van der Waals surface area contributed by atoms with Gasteiger partial charge in [0.05, 0.1) is 10.5 Å². The maximum atomic E-state index is 12.6. The second-order valence-corrected chi connectivity index (χ2v) is 7.69. The minimum Gasteiger partial charge on any atom is -0.337 e. The van der Waals surface area contributed by atoms with E-state index in [2.05, 4.69) is 0 Å². The second-order valence-electron chi connectivity index (χ2n) is 5.85. The molecule has 1 aromatic heterocycles. The highest BCUT2D eigenvalue weighted by atomic mass is 35.5. The topological polar surface area (TPSA) is 85.4 Å². The van der Waals surface area contributed by atoms with E-state index in [4.69, 9.17) is 5.73 Å². The molecular formula is C16H20ClN3O3S. The first-order valence-electron chi connectivity index (χ1n) is 7.43. The molecule has 2 N–H and O–H groups in total. The summed E-state index contributed by atoms with van der Waals surface area (Å²) < 4.78 is 26.2. The summed E-state index contributed by atoms with van der Waals surface area (Å²) >= 11 is 0. The van der Waals surface area contributed by atoms with Crippen LogP contribution < -0.4 is 5.73 Å². The number of nitrogens with two attached hydrogens (primary N) is 1. The minimum absolute atomic E-state index is 0. The molecule has 8 heteroatoms. The molecule has 0 bridgehead atoms. The van der Waals surface area contributed by atoms with Crippen molar-refractivity contribution in [2.75, 3.05) is 13.1 Å². The van der Waals surface area contributed by atoms with Gasteiger partial charge in [-0.2, -0.15) is 0 Å². The van der Waals surface area contributed by atoms with E-state index in [1.165, 1.54) is 18.5 Å². The van der Waals surface area contributed by atoms with E-state index >= 15 is 0 Å². The van der Waals surface area contributed by atoms with Gasteiger partial charge < -0.3 is 10.6 Å². The summed E-state index contributed by atoms with van der Waals surface area (Å²) in [6.45, 7) is 3.01. The minimum atomic E-state index is -3.68. The average Bonchev–Trinajstić information content (AvgIpc) is 3.16. The van der Waals surface area contributed by atoms with Crippen molar-refractivity contribution < 1.29 is 13.2 Å². The Labute approximate surface area is 147 Å². The molecule has 1 saturated heterocycles. The maximum Gasteiger partial charge on any atom is 0.267 e. The molecule has 1 atom stereocenters. The van der Waals surface area contributed by atoms with Gasteiger partial charge in [-0.3, -0.25) is 4.79 Å². The van der Waals surface area contributed by atoms with Crippen molar-refractivity contribution in [3.05, 3.63) is 53.9 Å². The van der Waals surface area contributed by atoms with Gasteiger partial charge in [-0.05, 0) is 31.5 Å². The van der Waals surface area contributed by atoms with Crippen molar-refractivity contribution in [2.24, 2.45) is 5.73 Å². The Kier molecular flexibility index (Phi) is 5.37. The van der Waals surface area contributed by atoms with Gasteiger partial charge >= 0.3 is 0 Å². The Morgan fingerprint density at radius 2 is 1.88 bits per heavy atom. The molecule has 2 aromatic rings. The summed E-state index contributed by atoms with van der Waals surface area (Å²) in [5.74, 6) is -0.184. The zero-order valence-electron chi connectivity index (χ0n) is 13.3. The number of nitrogens with zero attached hydrogens (tertiary/aromatic N) is 2. The van der Waals surface area contributed by atoms with Gasteiger partial charge in [0.1, 0.15) is 0 Å². The van der Waals surface area contributed by atoms with Crippen LogP contribution in [0.4, 0.5) is 0 Å². The van der Waals surface area contributed by atoms with Crippen LogP contribution in [0.25, 0.3) is 0 Å². The fourth-order valence-electron chi connectivity index (χ4n) is 2.64. The predicted molar refractivity (Wildman–Crippen MR) is 93.9 cm³/mol. The first kappa shape index (κ1) is 18.5. The number of aryl methyl sites for hydroxylation is 1. The van der Waals surface area contributed by atoms with Gasteiger partial charge in [0.2, 0.25) is 0 Å². The van der Waals surface area contributed by atoms with E-state index in [9.17, 15) is 13.2 Å². The lowest BCUT2D eigenvalue weighted by atomic mass is 10.2. The molecule has 3 rings (SSSR count). The number of amides is 1. The third-order valence-corrected chi connectivity index (χ3v) is 5.67. The number of rotatable bonds is 3. The number of benzene rings is 1. The van der Waals surface area contributed by atoms with Gasteiger partial charge in [-0.25, -0.2) is 12.4 Å². The van der Waals surface area contributed by atoms with Crippen LogP contribution in [0.1, 0.15) is 22.3 Å². The molecule has 0 aliphatic carbocycles. The largest absolute Gasteiger partial charge is 0.337 e. The number of carbonyl (C=O) groups excluding carboxylic acids is 1. The lowest BCUT2D eigenvalue weighted by Gasteiger charge is -2.14. The van der Waals surface area contributed by atoms with Crippen LogP contribution in [0.15, 0.2) is 47.6 Å². The first-order chi connectivity index (χ1) is 10.9. The van der Waals surface area contributed by atoms with Crippen molar-refractivity contribution in [3.63, 3.8) is 0 Å². The van der Waals surface area contributed by atoms with E-state index in [-0.39, 0.29) is 29.3 Å². The van der Waals surface area contributed by atoms with Gasteiger partial charge in [0.25, 0.3) is 15.9 Å². The molecule has 24 heavy (non-hydrogen) atoms. The van der Waals surface area contributed by atoms with Crippen LogP contribution in [0.5, 0.6) is 0 Å². The molecule has 1 fully saturated rings. The molecule has 0 radical (unpaired) electrons. The molecule has 6 nitrogen and oxygen atoms in total. The molecule has 1 amide bonds. The van der Waals surface area contributed by atoms with E-state index in [1.54, 1.807) is 29.2 Å². The number of hydrogen-bond acceptors (Lipinski definition) is 4. The number of halogens is 1. The van der Waals surface area contributed by atoms with Crippen molar-refractivity contribution >= 4 is 28.3 Å². The highest BCUT2D eigenvalue weighted by Crippen LogP contribution is 2.18. The van der Waals surface area contributed by atoms with E-state index < -0.39 is 10.0 Å². The standard InChI is InChI=1S/C16H19N3O3S.ClH/c1-12-2-4-15(5-3-12)23(21,22)19-9-6-13(10-19)16(20)18-8-7-14(17)11-18;/h2-6,9-10,14H,7-8,11,17H2,1H3;1H/t14-;/m1./s1. The molecule has 2 heterocycles. The molecular weight excluding hydrogens is 350 g/mol. The first-order valence-corrected chi connectivity index (χ1v) is 8.87. The molecule has 0 unspecified atom stereocenters. The molecule has 1 aliphatic rings. The van der Waals surface area contributed by atoms with Crippen LogP contribution in [0.2, 0.25) is 0 Å². The van der Waals surface area contributed by atoms with Crippen LogP contribution >= 0.6 is 12.4 Å². The van der Waals surface area contributed by atoms with Crippen molar-refractivity contribution in [1.82, 2.24) is 8.87 Å². The van der Waals surface area contributed by atoms with Crippen molar-refractivity contribution in [3.8, 4) is 0 Å². The Bertz CT molecular complexity index is 831. The number of carbonyl (C=O) groups is 1. The maximum absolute atomic E-state index is 12.6. The van der Waals surface area contributed by atoms with Crippen LogP contribution in [-0.4, -0.2) is 42.3 Å².